The Kier molecular flexibility index (Phi) is 9.20. The van der Waals surface area contributed by atoms with Crippen molar-refractivity contribution < 1.29 is 4.74 Å². The number of allylic oxidation sites excluding steroid dienone is 2. The van der Waals surface area contributed by atoms with Gasteiger partial charge in [0.2, 0.25) is 0 Å². The molecule has 1 aromatic rings. The zero-order valence-corrected chi connectivity index (χ0v) is 15.8. The van der Waals surface area contributed by atoms with Crippen LogP contribution in [0.5, 0.6) is 0 Å². The number of benzene rings is 1. The molecule has 0 unspecified atom stereocenters. The topological polar surface area (TPSA) is 9.23 Å². The smallest absolute Gasteiger partial charge is 0.0716 e. The molecule has 0 radical (unpaired) electrons. The zero-order valence-electron chi connectivity index (χ0n) is 15.8. The van der Waals surface area contributed by atoms with Gasteiger partial charge in [-0.2, -0.15) is 0 Å². The standard InChI is InChI=1S/C23H36O/c1-3-5-7-9-20-10-14-22(15-11-20)23-16-12-21(13-17-23)19-24-18-8-6-4-2/h3,5,12-13,16-17,20,22H,4,6-11,14-15,18-19H2,1-2H3/t20-,22-. The third kappa shape index (κ3) is 6.81. The van der Waals surface area contributed by atoms with Gasteiger partial charge in [0.15, 0.2) is 0 Å². The highest BCUT2D eigenvalue weighted by atomic mass is 16.5. The van der Waals surface area contributed by atoms with Crippen molar-refractivity contribution in [2.75, 3.05) is 6.61 Å². The Morgan fingerprint density at radius 3 is 2.46 bits per heavy atom. The van der Waals surface area contributed by atoms with Gasteiger partial charge in [0.25, 0.3) is 0 Å². The molecule has 0 bridgehead atoms. The summed E-state index contributed by atoms with van der Waals surface area (Å²) < 4.78 is 5.76. The van der Waals surface area contributed by atoms with Gasteiger partial charge in [-0.3, -0.25) is 0 Å². The minimum Gasteiger partial charge on any atom is -0.377 e. The summed E-state index contributed by atoms with van der Waals surface area (Å²) in [7, 11) is 0. The van der Waals surface area contributed by atoms with Crippen molar-refractivity contribution in [1.82, 2.24) is 0 Å². The second kappa shape index (κ2) is 11.5. The molecule has 1 aliphatic carbocycles. The van der Waals surface area contributed by atoms with Crippen LogP contribution in [0, 0.1) is 5.92 Å². The van der Waals surface area contributed by atoms with Crippen LogP contribution in [0.3, 0.4) is 0 Å². The maximum Gasteiger partial charge on any atom is 0.0716 e. The Labute approximate surface area is 149 Å². The fourth-order valence-electron chi connectivity index (χ4n) is 3.81. The van der Waals surface area contributed by atoms with Crippen molar-refractivity contribution in [3.8, 4) is 0 Å². The first-order chi connectivity index (χ1) is 11.8. The number of hydrogen-bond donors (Lipinski definition) is 0. The van der Waals surface area contributed by atoms with E-state index in [-0.39, 0.29) is 0 Å². The summed E-state index contributed by atoms with van der Waals surface area (Å²) in [6.07, 6.45) is 16.4. The highest BCUT2D eigenvalue weighted by Crippen LogP contribution is 2.37. The van der Waals surface area contributed by atoms with Crippen molar-refractivity contribution in [2.45, 2.75) is 84.2 Å². The monoisotopic (exact) mass is 328 g/mol. The molecule has 1 fully saturated rings. The predicted molar refractivity (Wildman–Crippen MR) is 104 cm³/mol. The third-order valence-corrected chi connectivity index (χ3v) is 5.44. The van der Waals surface area contributed by atoms with E-state index in [9.17, 15) is 0 Å². The third-order valence-electron chi connectivity index (χ3n) is 5.44. The molecule has 1 heteroatoms. The first-order valence-corrected chi connectivity index (χ1v) is 10.1. The zero-order chi connectivity index (χ0) is 17.0. The highest BCUT2D eigenvalue weighted by Gasteiger charge is 2.21. The maximum absolute atomic E-state index is 5.76. The lowest BCUT2D eigenvalue weighted by Crippen LogP contribution is -2.13. The van der Waals surface area contributed by atoms with E-state index < -0.39 is 0 Å². The molecule has 0 heterocycles. The molecule has 134 valence electrons. The van der Waals surface area contributed by atoms with E-state index in [1.165, 1.54) is 68.9 Å². The van der Waals surface area contributed by atoms with Crippen LogP contribution in [0.4, 0.5) is 0 Å². The first-order valence-electron chi connectivity index (χ1n) is 10.1. The van der Waals surface area contributed by atoms with Crippen LogP contribution in [-0.2, 0) is 11.3 Å². The summed E-state index contributed by atoms with van der Waals surface area (Å²) in [5.41, 5.74) is 2.85. The predicted octanol–water partition coefficient (Wildman–Crippen LogP) is 7.02. The van der Waals surface area contributed by atoms with Gasteiger partial charge in [-0.25, -0.2) is 0 Å². The fraction of sp³-hybridized carbons (Fsp3) is 0.652. The number of hydrogen-bond acceptors (Lipinski definition) is 1. The van der Waals surface area contributed by atoms with E-state index in [1.807, 2.05) is 0 Å². The van der Waals surface area contributed by atoms with Crippen LogP contribution in [0.2, 0.25) is 0 Å². The van der Waals surface area contributed by atoms with E-state index in [0.717, 1.165) is 25.0 Å². The number of unbranched alkanes of at least 4 members (excludes halogenated alkanes) is 2. The molecule has 24 heavy (non-hydrogen) atoms. The van der Waals surface area contributed by atoms with E-state index >= 15 is 0 Å². The van der Waals surface area contributed by atoms with E-state index in [1.54, 1.807) is 0 Å². The van der Waals surface area contributed by atoms with Crippen molar-refractivity contribution in [3.63, 3.8) is 0 Å². The molecule has 0 amide bonds. The molecule has 0 aromatic heterocycles. The molecular formula is C23H36O. The average molecular weight is 329 g/mol. The average Bonchev–Trinajstić information content (AvgIpc) is 2.63. The van der Waals surface area contributed by atoms with Crippen LogP contribution in [-0.4, -0.2) is 6.61 Å². The van der Waals surface area contributed by atoms with Crippen molar-refractivity contribution in [3.05, 3.63) is 47.5 Å². The molecule has 0 atom stereocenters. The summed E-state index contributed by atoms with van der Waals surface area (Å²) in [6.45, 7) is 6.01. The minimum absolute atomic E-state index is 0.766. The molecule has 1 aromatic carbocycles. The number of ether oxygens (including phenoxy) is 1. The van der Waals surface area contributed by atoms with E-state index in [2.05, 4.69) is 50.3 Å². The van der Waals surface area contributed by atoms with Gasteiger partial charge in [0, 0.05) is 6.61 Å². The fourth-order valence-corrected chi connectivity index (χ4v) is 3.81. The van der Waals surface area contributed by atoms with Gasteiger partial charge >= 0.3 is 0 Å². The van der Waals surface area contributed by atoms with Gasteiger partial charge in [-0.1, -0.05) is 56.2 Å². The summed E-state index contributed by atoms with van der Waals surface area (Å²) in [4.78, 5) is 0. The Balaban J connectivity index is 1.70. The Morgan fingerprint density at radius 1 is 1.04 bits per heavy atom. The van der Waals surface area contributed by atoms with Crippen LogP contribution in [0.15, 0.2) is 36.4 Å². The summed E-state index contributed by atoms with van der Waals surface area (Å²) in [5, 5.41) is 0. The van der Waals surface area contributed by atoms with Gasteiger partial charge in [0.05, 0.1) is 6.61 Å². The summed E-state index contributed by atoms with van der Waals surface area (Å²) in [6, 6.07) is 9.23. The molecule has 2 rings (SSSR count). The SMILES string of the molecule is CC=CCC[C@H]1CC[C@H](c2ccc(COCCCCC)cc2)CC1. The largest absolute Gasteiger partial charge is 0.377 e. The van der Waals surface area contributed by atoms with Crippen LogP contribution in [0.25, 0.3) is 0 Å². The molecule has 0 N–H and O–H groups in total. The lowest BCUT2D eigenvalue weighted by atomic mass is 9.77. The van der Waals surface area contributed by atoms with Crippen molar-refractivity contribution in [2.24, 2.45) is 5.92 Å². The lowest BCUT2D eigenvalue weighted by Gasteiger charge is -2.28. The second-order valence-corrected chi connectivity index (χ2v) is 7.37. The number of rotatable bonds is 10. The second-order valence-electron chi connectivity index (χ2n) is 7.37. The molecule has 1 aliphatic rings. The van der Waals surface area contributed by atoms with Crippen LogP contribution in [0.1, 0.15) is 88.7 Å². The first kappa shape index (κ1) is 19.2. The van der Waals surface area contributed by atoms with E-state index in [0.29, 0.717) is 0 Å². The summed E-state index contributed by atoms with van der Waals surface area (Å²) in [5.74, 6) is 1.73. The van der Waals surface area contributed by atoms with Gasteiger partial charge in [-0.05, 0) is 74.8 Å². The van der Waals surface area contributed by atoms with Gasteiger partial charge < -0.3 is 4.74 Å². The van der Waals surface area contributed by atoms with Crippen molar-refractivity contribution in [1.29, 1.82) is 0 Å². The van der Waals surface area contributed by atoms with Crippen LogP contribution < -0.4 is 0 Å². The van der Waals surface area contributed by atoms with Crippen LogP contribution >= 0.6 is 0 Å². The normalized spacial score (nSPS) is 21.4. The molecule has 1 saturated carbocycles. The van der Waals surface area contributed by atoms with Crippen molar-refractivity contribution >= 4 is 0 Å². The lowest BCUT2D eigenvalue weighted by molar-refractivity contribution is 0.117. The molecule has 0 aliphatic heterocycles. The van der Waals surface area contributed by atoms with Gasteiger partial charge in [0.1, 0.15) is 0 Å². The van der Waals surface area contributed by atoms with E-state index in [4.69, 9.17) is 4.74 Å². The minimum atomic E-state index is 0.766. The Hall–Kier alpha value is -1.08. The molecule has 0 spiro atoms. The maximum atomic E-state index is 5.76. The molecule has 1 nitrogen and oxygen atoms in total. The Bertz CT molecular complexity index is 451. The summed E-state index contributed by atoms with van der Waals surface area (Å²) >= 11 is 0. The Morgan fingerprint density at radius 2 is 1.79 bits per heavy atom. The molecular weight excluding hydrogens is 292 g/mol. The molecule has 0 saturated heterocycles. The van der Waals surface area contributed by atoms with Gasteiger partial charge in [-0.15, -0.1) is 0 Å². The highest BCUT2D eigenvalue weighted by molar-refractivity contribution is 5.25. The quantitative estimate of drug-likeness (QED) is 0.331.